The zero-order valence-corrected chi connectivity index (χ0v) is 14.1. The lowest BCUT2D eigenvalue weighted by atomic mass is 10.1. The van der Waals surface area contributed by atoms with Crippen LogP contribution in [0.25, 0.3) is 11.1 Å². The first-order valence-electron chi connectivity index (χ1n) is 7.76. The third-order valence-electron chi connectivity index (χ3n) is 4.47. The van der Waals surface area contributed by atoms with Crippen molar-refractivity contribution in [1.82, 2.24) is 15.1 Å². The molecule has 0 aliphatic heterocycles. The minimum absolute atomic E-state index is 0.184. The third-order valence-corrected chi connectivity index (χ3v) is 4.93. The number of halogens is 1. The Hall–Kier alpha value is -2.59. The highest BCUT2D eigenvalue weighted by Crippen LogP contribution is 2.43. The zero-order valence-electron chi connectivity index (χ0n) is 13.4. The van der Waals surface area contributed by atoms with Crippen molar-refractivity contribution >= 4 is 17.5 Å². The number of amides is 1. The average molecular weight is 338 g/mol. The van der Waals surface area contributed by atoms with Crippen molar-refractivity contribution in [2.45, 2.75) is 13.0 Å². The van der Waals surface area contributed by atoms with E-state index in [9.17, 15) is 4.79 Å². The predicted octanol–water partition coefficient (Wildman–Crippen LogP) is 3.88. The molecule has 1 aromatic heterocycles. The van der Waals surface area contributed by atoms with Crippen molar-refractivity contribution in [2.24, 2.45) is 7.05 Å². The molecule has 0 atom stereocenters. The first-order valence-corrected chi connectivity index (χ1v) is 8.14. The molecule has 4 rings (SSSR count). The Bertz CT molecular complexity index is 915. The number of hydrogen-bond acceptors (Lipinski definition) is 2. The van der Waals surface area contributed by atoms with E-state index in [1.54, 1.807) is 14.0 Å². The van der Waals surface area contributed by atoms with Gasteiger partial charge in [-0.2, -0.15) is 5.10 Å². The zero-order chi connectivity index (χ0) is 16.8. The van der Waals surface area contributed by atoms with Crippen LogP contribution in [0, 0.1) is 6.92 Å². The molecule has 0 saturated heterocycles. The largest absolute Gasteiger partial charge is 0.340 e. The normalized spacial score (nSPS) is 12.8. The highest BCUT2D eigenvalue weighted by Gasteiger charge is 2.30. The van der Waals surface area contributed by atoms with Crippen LogP contribution in [0.4, 0.5) is 0 Å². The Labute approximate surface area is 145 Å². The van der Waals surface area contributed by atoms with Crippen LogP contribution in [0.2, 0.25) is 5.02 Å². The van der Waals surface area contributed by atoms with E-state index >= 15 is 0 Å². The minimum Gasteiger partial charge on any atom is -0.340 e. The summed E-state index contributed by atoms with van der Waals surface area (Å²) in [6.07, 6.45) is 0. The Balaban J connectivity index is 1.76. The molecule has 120 valence electrons. The summed E-state index contributed by atoms with van der Waals surface area (Å²) >= 11 is 6.25. The number of carbonyl (C=O) groups excluding carboxylic acids is 1. The van der Waals surface area contributed by atoms with Crippen LogP contribution in [-0.2, 0) is 7.05 Å². The smallest absolute Gasteiger partial charge is 0.271 e. The van der Waals surface area contributed by atoms with E-state index in [1.165, 1.54) is 4.68 Å². The molecule has 1 aliphatic rings. The lowest BCUT2D eigenvalue weighted by Gasteiger charge is -2.16. The monoisotopic (exact) mass is 337 g/mol. The Morgan fingerprint density at radius 3 is 2.12 bits per heavy atom. The summed E-state index contributed by atoms with van der Waals surface area (Å²) in [5.41, 5.74) is 5.55. The first kappa shape index (κ1) is 15.0. The lowest BCUT2D eigenvalue weighted by molar-refractivity contribution is 0.0934. The Kier molecular flexibility index (Phi) is 3.43. The summed E-state index contributed by atoms with van der Waals surface area (Å²) in [6.45, 7) is 1.79. The van der Waals surface area contributed by atoms with Crippen molar-refractivity contribution in [3.05, 3.63) is 76.1 Å². The SMILES string of the molecule is Cc1nn(C)c(C(=O)NC2c3ccccc3-c3ccccc32)c1Cl. The standard InChI is InChI=1S/C19H16ClN3O/c1-11-16(20)18(23(2)22-11)19(24)21-17-14-9-5-3-7-12(14)13-8-4-6-10-15(13)17/h3-10,17H,1-2H3,(H,21,24). The molecule has 1 amide bonds. The summed E-state index contributed by atoms with van der Waals surface area (Å²) in [5.74, 6) is -0.223. The van der Waals surface area contributed by atoms with E-state index in [0.717, 1.165) is 22.3 Å². The molecule has 0 bridgehead atoms. The number of aromatic nitrogens is 2. The topological polar surface area (TPSA) is 46.9 Å². The molecule has 5 heteroatoms. The molecule has 24 heavy (non-hydrogen) atoms. The molecule has 0 spiro atoms. The summed E-state index contributed by atoms with van der Waals surface area (Å²) < 4.78 is 1.53. The summed E-state index contributed by atoms with van der Waals surface area (Å²) in [6, 6.07) is 16.1. The summed E-state index contributed by atoms with van der Waals surface area (Å²) in [7, 11) is 1.73. The molecular weight excluding hydrogens is 322 g/mol. The molecule has 0 fully saturated rings. The molecule has 4 nitrogen and oxygen atoms in total. The molecule has 1 heterocycles. The van der Waals surface area contributed by atoms with Gasteiger partial charge in [-0.25, -0.2) is 0 Å². The molecular formula is C19H16ClN3O. The van der Waals surface area contributed by atoms with Gasteiger partial charge in [0.05, 0.1) is 16.8 Å². The third kappa shape index (κ3) is 2.14. The van der Waals surface area contributed by atoms with Crippen LogP contribution in [0.15, 0.2) is 48.5 Å². The summed E-state index contributed by atoms with van der Waals surface area (Å²) in [4.78, 5) is 12.8. The van der Waals surface area contributed by atoms with Crippen molar-refractivity contribution in [3.8, 4) is 11.1 Å². The van der Waals surface area contributed by atoms with Crippen LogP contribution in [0.1, 0.15) is 33.4 Å². The lowest BCUT2D eigenvalue weighted by Crippen LogP contribution is -2.30. The van der Waals surface area contributed by atoms with Crippen molar-refractivity contribution in [3.63, 3.8) is 0 Å². The number of carbonyl (C=O) groups is 1. The fourth-order valence-corrected chi connectivity index (χ4v) is 3.64. The minimum atomic E-state index is -0.223. The molecule has 0 saturated carbocycles. The van der Waals surface area contributed by atoms with Crippen LogP contribution in [0.3, 0.4) is 0 Å². The van der Waals surface area contributed by atoms with Crippen LogP contribution >= 0.6 is 11.6 Å². The van der Waals surface area contributed by atoms with Gasteiger partial charge in [0, 0.05) is 7.05 Å². The van der Waals surface area contributed by atoms with Crippen molar-refractivity contribution in [2.75, 3.05) is 0 Å². The van der Waals surface area contributed by atoms with E-state index in [-0.39, 0.29) is 11.9 Å². The number of nitrogens with one attached hydrogen (secondary N) is 1. The Morgan fingerprint density at radius 1 is 1.08 bits per heavy atom. The molecule has 3 aromatic rings. The van der Waals surface area contributed by atoms with Gasteiger partial charge in [0.25, 0.3) is 5.91 Å². The van der Waals surface area contributed by atoms with E-state index in [2.05, 4.69) is 34.7 Å². The second-order valence-electron chi connectivity index (χ2n) is 5.95. The average Bonchev–Trinajstić information content (AvgIpc) is 3.03. The number of hydrogen-bond donors (Lipinski definition) is 1. The number of aryl methyl sites for hydroxylation is 2. The number of fused-ring (bicyclic) bond motifs is 3. The number of rotatable bonds is 2. The van der Waals surface area contributed by atoms with Gasteiger partial charge in [-0.15, -0.1) is 0 Å². The van der Waals surface area contributed by atoms with Gasteiger partial charge < -0.3 is 5.32 Å². The second kappa shape index (κ2) is 5.49. The van der Waals surface area contributed by atoms with Gasteiger partial charge in [0.1, 0.15) is 5.69 Å². The number of nitrogens with zero attached hydrogens (tertiary/aromatic N) is 2. The van der Waals surface area contributed by atoms with Gasteiger partial charge in [-0.1, -0.05) is 60.1 Å². The van der Waals surface area contributed by atoms with Gasteiger partial charge in [0.15, 0.2) is 0 Å². The fourth-order valence-electron chi connectivity index (χ4n) is 3.39. The molecule has 1 N–H and O–H groups in total. The van der Waals surface area contributed by atoms with Gasteiger partial charge >= 0.3 is 0 Å². The van der Waals surface area contributed by atoms with Crippen molar-refractivity contribution < 1.29 is 4.79 Å². The predicted molar refractivity (Wildman–Crippen MR) is 94.1 cm³/mol. The maximum Gasteiger partial charge on any atom is 0.271 e. The Morgan fingerprint density at radius 2 is 1.62 bits per heavy atom. The molecule has 0 radical (unpaired) electrons. The maximum atomic E-state index is 12.8. The van der Waals surface area contributed by atoms with Gasteiger partial charge in [-0.3, -0.25) is 9.48 Å². The van der Waals surface area contributed by atoms with Gasteiger partial charge in [-0.05, 0) is 29.2 Å². The van der Waals surface area contributed by atoms with E-state index in [1.807, 2.05) is 24.3 Å². The summed E-state index contributed by atoms with van der Waals surface area (Å²) in [5, 5.41) is 7.73. The molecule has 0 unspecified atom stereocenters. The maximum absolute atomic E-state index is 12.8. The molecule has 1 aliphatic carbocycles. The second-order valence-corrected chi connectivity index (χ2v) is 6.33. The van der Waals surface area contributed by atoms with Gasteiger partial charge in [0.2, 0.25) is 0 Å². The van der Waals surface area contributed by atoms with E-state index in [0.29, 0.717) is 16.4 Å². The first-order chi connectivity index (χ1) is 11.6. The highest BCUT2D eigenvalue weighted by atomic mass is 35.5. The molecule has 2 aromatic carbocycles. The van der Waals surface area contributed by atoms with E-state index < -0.39 is 0 Å². The number of benzene rings is 2. The van der Waals surface area contributed by atoms with Crippen LogP contribution in [0.5, 0.6) is 0 Å². The quantitative estimate of drug-likeness (QED) is 0.771. The van der Waals surface area contributed by atoms with Crippen LogP contribution < -0.4 is 5.32 Å². The van der Waals surface area contributed by atoms with Crippen LogP contribution in [-0.4, -0.2) is 15.7 Å². The van der Waals surface area contributed by atoms with E-state index in [4.69, 9.17) is 11.6 Å². The fraction of sp³-hybridized carbons (Fsp3) is 0.158. The highest BCUT2D eigenvalue weighted by molar-refractivity contribution is 6.34. The van der Waals surface area contributed by atoms with Crippen molar-refractivity contribution in [1.29, 1.82) is 0 Å².